The number of amides is 2. The van der Waals surface area contributed by atoms with Crippen LogP contribution in [0.5, 0.6) is 0 Å². The van der Waals surface area contributed by atoms with Crippen LogP contribution in [0.4, 0.5) is 29.5 Å². The van der Waals surface area contributed by atoms with Crippen molar-refractivity contribution >= 4 is 39.9 Å². The highest BCUT2D eigenvalue weighted by Crippen LogP contribution is 2.25. The molecule has 2 amide bonds. The summed E-state index contributed by atoms with van der Waals surface area (Å²) in [5.74, 6) is 0.969. The summed E-state index contributed by atoms with van der Waals surface area (Å²) in [6.07, 6.45) is 4.62. The molecular weight excluding hydrogens is 527 g/mol. The Morgan fingerprint density at radius 2 is 2.03 bits per heavy atom. The number of benzene rings is 1. The first-order valence-electron chi connectivity index (χ1n) is 10.9. The zero-order chi connectivity index (χ0) is 27.9. The lowest BCUT2D eigenvalue weighted by molar-refractivity contribution is -0.122. The molecule has 38 heavy (non-hydrogen) atoms. The third kappa shape index (κ3) is 8.41. The van der Waals surface area contributed by atoms with Gasteiger partial charge < -0.3 is 20.9 Å². The summed E-state index contributed by atoms with van der Waals surface area (Å²) in [6.45, 7) is 2.02. The van der Waals surface area contributed by atoms with E-state index in [4.69, 9.17) is 9.92 Å². The van der Waals surface area contributed by atoms with E-state index in [9.17, 15) is 26.4 Å². The van der Waals surface area contributed by atoms with Gasteiger partial charge in [0.25, 0.3) is 10.1 Å². The molecule has 0 aliphatic heterocycles. The molecule has 0 atom stereocenters. The van der Waals surface area contributed by atoms with Crippen molar-refractivity contribution in [1.29, 1.82) is 0 Å². The predicted molar refractivity (Wildman–Crippen MR) is 136 cm³/mol. The number of nitrogens with two attached hydrogens (primary N) is 1. The minimum absolute atomic E-state index is 0.0886. The first kappa shape index (κ1) is 28.3. The lowest BCUT2D eigenvalue weighted by Gasteiger charge is -2.11. The number of hydrogen-bond acceptors (Lipinski definition) is 8. The Kier molecular flexibility index (Phi) is 8.85. The van der Waals surface area contributed by atoms with E-state index in [1.54, 1.807) is 46.6 Å². The summed E-state index contributed by atoms with van der Waals surface area (Å²) >= 11 is 0. The first-order valence-corrected chi connectivity index (χ1v) is 12.7. The van der Waals surface area contributed by atoms with E-state index in [2.05, 4.69) is 26.8 Å². The van der Waals surface area contributed by atoms with Crippen LogP contribution in [-0.4, -0.2) is 52.9 Å². The van der Waals surface area contributed by atoms with Crippen molar-refractivity contribution in [2.24, 2.45) is 0 Å². The molecule has 11 nitrogen and oxygen atoms in total. The molecule has 0 unspecified atom stereocenters. The van der Waals surface area contributed by atoms with Gasteiger partial charge in [0.1, 0.15) is 24.0 Å². The molecular formula is C23H24F3N7O4S. The van der Waals surface area contributed by atoms with Crippen LogP contribution in [-0.2, 0) is 27.3 Å². The number of carbonyl (C=O) groups excluding carboxylic acids is 1. The first-order chi connectivity index (χ1) is 17.8. The molecule has 2 heterocycles. The fraction of sp³-hybridized carbons (Fsp3) is 0.217. The minimum Gasteiger partial charge on any atom is -0.383 e. The average Bonchev–Trinajstić information content (AvgIpc) is 3.24. The van der Waals surface area contributed by atoms with Gasteiger partial charge in [-0.25, -0.2) is 19.7 Å². The number of halogens is 3. The molecule has 0 aliphatic carbocycles. The van der Waals surface area contributed by atoms with Gasteiger partial charge in [-0.2, -0.15) is 21.6 Å². The van der Waals surface area contributed by atoms with E-state index >= 15 is 0 Å². The molecule has 2 aromatic heterocycles. The smallest absolute Gasteiger partial charge is 0.383 e. The Hall–Kier alpha value is -4.24. The Bertz CT molecular complexity index is 1450. The van der Waals surface area contributed by atoms with Gasteiger partial charge in [0.15, 0.2) is 0 Å². The van der Waals surface area contributed by atoms with E-state index in [1.165, 1.54) is 18.3 Å². The second-order valence-corrected chi connectivity index (χ2v) is 9.48. The molecule has 202 valence electrons. The monoisotopic (exact) mass is 551 g/mol. The highest BCUT2D eigenvalue weighted by atomic mass is 32.2. The third-order valence-corrected chi connectivity index (χ3v) is 5.35. The average molecular weight is 552 g/mol. The Balaban J connectivity index is 1.74. The molecule has 15 heteroatoms. The number of nitrogens with one attached hydrogen (secondary N) is 2. The molecule has 3 rings (SSSR count). The van der Waals surface area contributed by atoms with Crippen molar-refractivity contribution in [2.45, 2.75) is 19.2 Å². The number of rotatable bonds is 10. The zero-order valence-corrected chi connectivity index (χ0v) is 20.9. The molecule has 4 N–H and O–H groups in total. The Morgan fingerprint density at radius 3 is 2.68 bits per heavy atom. The van der Waals surface area contributed by atoms with Crippen LogP contribution in [0.2, 0.25) is 0 Å². The SMILES string of the molecule is C=Cc1ncc(-c2cccc(NC(=O)NCC(F)(F)F)c2)n1/C=C\Cc1ncc(COS(C)(=O)=O)c(N)n1. The van der Waals surface area contributed by atoms with Crippen LogP contribution < -0.4 is 16.4 Å². The van der Waals surface area contributed by atoms with Crippen LogP contribution in [0.15, 0.2) is 49.3 Å². The molecule has 3 aromatic rings. The molecule has 0 radical (unpaired) electrons. The summed E-state index contributed by atoms with van der Waals surface area (Å²) < 4.78 is 65.7. The van der Waals surface area contributed by atoms with Crippen molar-refractivity contribution < 1.29 is 30.6 Å². The predicted octanol–water partition coefficient (Wildman–Crippen LogP) is 3.44. The van der Waals surface area contributed by atoms with E-state index in [1.807, 2.05) is 0 Å². The van der Waals surface area contributed by atoms with Crippen LogP contribution >= 0.6 is 0 Å². The topological polar surface area (TPSA) is 154 Å². The van der Waals surface area contributed by atoms with Crippen LogP contribution in [0.25, 0.3) is 23.5 Å². The van der Waals surface area contributed by atoms with Crippen molar-refractivity contribution in [2.75, 3.05) is 23.9 Å². The third-order valence-electron chi connectivity index (χ3n) is 4.80. The van der Waals surface area contributed by atoms with E-state index in [0.29, 0.717) is 28.5 Å². The standard InChI is InChI=1S/C23H24F3N7O4S/c1-3-20-29-12-18(15-6-4-7-17(10-15)31-22(34)30-14-23(24,25)26)33(20)9-5-8-19-28-11-16(21(27)32-19)13-37-38(2,35)36/h3-7,9-12H,1,8,13-14H2,2H3,(H2,27,28,32)(H2,30,31,34)/b9-5-. The number of nitrogens with zero attached hydrogens (tertiary/aromatic N) is 4. The molecule has 0 saturated heterocycles. The van der Waals surface area contributed by atoms with Crippen molar-refractivity contribution in [1.82, 2.24) is 24.8 Å². The lowest BCUT2D eigenvalue weighted by atomic mass is 10.1. The van der Waals surface area contributed by atoms with Gasteiger partial charge in [0, 0.05) is 35.6 Å². The number of carbonyl (C=O) groups is 1. The van der Waals surface area contributed by atoms with E-state index < -0.39 is 28.9 Å². The summed E-state index contributed by atoms with van der Waals surface area (Å²) in [5, 5.41) is 4.12. The van der Waals surface area contributed by atoms with Crippen molar-refractivity contribution in [3.05, 3.63) is 66.5 Å². The van der Waals surface area contributed by atoms with Crippen LogP contribution in [0.3, 0.4) is 0 Å². The van der Waals surface area contributed by atoms with E-state index in [-0.39, 0.29) is 24.5 Å². The second kappa shape index (κ2) is 11.9. The number of aromatic nitrogens is 4. The van der Waals surface area contributed by atoms with E-state index in [0.717, 1.165) is 6.26 Å². The highest BCUT2D eigenvalue weighted by molar-refractivity contribution is 7.85. The van der Waals surface area contributed by atoms with Gasteiger partial charge in [-0.3, -0.25) is 4.18 Å². The van der Waals surface area contributed by atoms with Crippen LogP contribution in [0.1, 0.15) is 17.2 Å². The summed E-state index contributed by atoms with van der Waals surface area (Å²) in [4.78, 5) is 24.4. The summed E-state index contributed by atoms with van der Waals surface area (Å²) in [7, 11) is -3.64. The molecule has 1 aromatic carbocycles. The Morgan fingerprint density at radius 1 is 1.26 bits per heavy atom. The van der Waals surface area contributed by atoms with Crippen LogP contribution in [0, 0.1) is 0 Å². The second-order valence-electron chi connectivity index (χ2n) is 7.83. The van der Waals surface area contributed by atoms with Gasteiger partial charge >= 0.3 is 12.2 Å². The molecule has 0 saturated carbocycles. The van der Waals surface area contributed by atoms with Gasteiger partial charge in [-0.1, -0.05) is 24.8 Å². The van der Waals surface area contributed by atoms with Crippen molar-refractivity contribution in [3.8, 4) is 11.3 Å². The maximum Gasteiger partial charge on any atom is 0.405 e. The molecule has 0 fully saturated rings. The molecule has 0 aliphatic rings. The van der Waals surface area contributed by atoms with Gasteiger partial charge in [0.05, 0.1) is 24.8 Å². The number of alkyl halides is 3. The molecule has 0 spiro atoms. The highest BCUT2D eigenvalue weighted by Gasteiger charge is 2.27. The van der Waals surface area contributed by atoms with Gasteiger partial charge in [-0.15, -0.1) is 0 Å². The maximum absolute atomic E-state index is 12.3. The van der Waals surface area contributed by atoms with Gasteiger partial charge in [-0.05, 0) is 18.2 Å². The number of urea groups is 1. The lowest BCUT2D eigenvalue weighted by Crippen LogP contribution is -2.36. The number of allylic oxidation sites excluding steroid dienone is 1. The number of anilines is 2. The quantitative estimate of drug-likeness (QED) is 0.324. The fourth-order valence-electron chi connectivity index (χ4n) is 3.11. The van der Waals surface area contributed by atoms with Gasteiger partial charge in [0.2, 0.25) is 0 Å². The fourth-order valence-corrected chi connectivity index (χ4v) is 3.45. The Labute approximate surface area is 216 Å². The number of hydrogen-bond donors (Lipinski definition) is 3. The minimum atomic E-state index is -4.52. The largest absolute Gasteiger partial charge is 0.405 e. The number of nitrogen functional groups attached to an aromatic ring is 1. The van der Waals surface area contributed by atoms with Crippen molar-refractivity contribution in [3.63, 3.8) is 0 Å². The summed E-state index contributed by atoms with van der Waals surface area (Å²) in [6, 6.07) is 5.51. The maximum atomic E-state index is 12.3. The molecule has 0 bridgehead atoms. The normalized spacial score (nSPS) is 12.0. The summed E-state index contributed by atoms with van der Waals surface area (Å²) in [5.41, 5.74) is 7.73. The number of imidazole rings is 1. The zero-order valence-electron chi connectivity index (χ0n) is 20.1.